The molecule has 11 heavy (non-hydrogen) atoms. The quantitative estimate of drug-likeness (QED) is 0.520. The SMILES string of the molecule is CCCCCOCC(=O)C[NH]. The number of rotatable bonds is 7. The Kier molecular flexibility index (Phi) is 7.41. The summed E-state index contributed by atoms with van der Waals surface area (Å²) in [5, 5.41) is 0. The Morgan fingerprint density at radius 2 is 2.18 bits per heavy atom. The lowest BCUT2D eigenvalue weighted by Gasteiger charge is -2.00. The number of hydrogen-bond donors (Lipinski definition) is 0. The topological polar surface area (TPSA) is 50.1 Å². The van der Waals surface area contributed by atoms with Crippen LogP contribution in [0.4, 0.5) is 0 Å². The number of carbonyl (C=O) groups excluding carboxylic acids is 1. The summed E-state index contributed by atoms with van der Waals surface area (Å²) in [5.41, 5.74) is 6.70. The normalized spacial score (nSPS) is 10.0. The first-order valence-corrected chi connectivity index (χ1v) is 4.05. The number of carbonyl (C=O) groups is 1. The Morgan fingerprint density at radius 1 is 1.45 bits per heavy atom. The molecule has 0 unspecified atom stereocenters. The third kappa shape index (κ3) is 7.49. The van der Waals surface area contributed by atoms with Crippen LogP contribution in [0, 0.1) is 0 Å². The second kappa shape index (κ2) is 7.69. The van der Waals surface area contributed by atoms with E-state index in [0.29, 0.717) is 6.61 Å². The van der Waals surface area contributed by atoms with Crippen LogP contribution in [-0.4, -0.2) is 25.5 Å². The van der Waals surface area contributed by atoms with E-state index in [2.05, 4.69) is 6.92 Å². The molecule has 0 aromatic carbocycles. The van der Waals surface area contributed by atoms with Gasteiger partial charge in [0.1, 0.15) is 6.61 Å². The molecule has 0 saturated heterocycles. The molecule has 0 amide bonds. The molecule has 3 heteroatoms. The van der Waals surface area contributed by atoms with Crippen molar-refractivity contribution in [3.05, 3.63) is 0 Å². The monoisotopic (exact) mass is 158 g/mol. The minimum absolute atomic E-state index is 0.118. The van der Waals surface area contributed by atoms with Gasteiger partial charge in [0.05, 0.1) is 6.54 Å². The number of ketones is 1. The third-order valence-electron chi connectivity index (χ3n) is 1.35. The van der Waals surface area contributed by atoms with Crippen molar-refractivity contribution < 1.29 is 9.53 Å². The maximum atomic E-state index is 10.5. The fraction of sp³-hybridized carbons (Fsp3) is 0.875. The van der Waals surface area contributed by atoms with Crippen LogP contribution in [0.1, 0.15) is 26.2 Å². The zero-order chi connectivity index (χ0) is 8.53. The van der Waals surface area contributed by atoms with E-state index < -0.39 is 0 Å². The average molecular weight is 158 g/mol. The molecule has 0 atom stereocenters. The summed E-state index contributed by atoms with van der Waals surface area (Å²) >= 11 is 0. The van der Waals surface area contributed by atoms with E-state index >= 15 is 0 Å². The van der Waals surface area contributed by atoms with E-state index in [0.717, 1.165) is 19.3 Å². The van der Waals surface area contributed by atoms with Crippen molar-refractivity contribution >= 4 is 5.78 Å². The van der Waals surface area contributed by atoms with Crippen LogP contribution < -0.4 is 5.73 Å². The summed E-state index contributed by atoms with van der Waals surface area (Å²) in [6.07, 6.45) is 3.33. The van der Waals surface area contributed by atoms with Crippen molar-refractivity contribution in [2.75, 3.05) is 19.8 Å². The molecular weight excluding hydrogens is 142 g/mol. The van der Waals surface area contributed by atoms with E-state index in [9.17, 15) is 4.79 Å². The number of unbranched alkanes of at least 4 members (excludes halogenated alkanes) is 2. The molecule has 0 aliphatic carbocycles. The lowest BCUT2D eigenvalue weighted by Crippen LogP contribution is -2.13. The molecule has 0 aromatic heterocycles. The van der Waals surface area contributed by atoms with Gasteiger partial charge < -0.3 is 4.74 Å². The average Bonchev–Trinajstić information content (AvgIpc) is 2.04. The zero-order valence-electron chi connectivity index (χ0n) is 7.06. The van der Waals surface area contributed by atoms with Crippen molar-refractivity contribution in [1.29, 1.82) is 0 Å². The summed E-state index contributed by atoms with van der Waals surface area (Å²) in [6.45, 7) is 2.73. The molecule has 0 heterocycles. The summed E-state index contributed by atoms with van der Waals surface area (Å²) in [6, 6.07) is 0. The van der Waals surface area contributed by atoms with Crippen LogP contribution in [0.25, 0.3) is 0 Å². The molecular formula is C8H16NO2. The summed E-state index contributed by atoms with van der Waals surface area (Å²) < 4.78 is 5.02. The highest BCUT2D eigenvalue weighted by Crippen LogP contribution is 1.93. The van der Waals surface area contributed by atoms with Crippen LogP contribution in [-0.2, 0) is 9.53 Å². The van der Waals surface area contributed by atoms with Crippen LogP contribution in [0.5, 0.6) is 0 Å². The van der Waals surface area contributed by atoms with Gasteiger partial charge in [0.15, 0.2) is 5.78 Å². The number of ether oxygens (including phenoxy) is 1. The largest absolute Gasteiger partial charge is 0.374 e. The Bertz CT molecular complexity index is 104. The standard InChI is InChI=1S/C8H16NO2/c1-2-3-4-5-11-7-8(10)6-9/h9H,2-7H2,1H3. The molecule has 1 N–H and O–H groups in total. The lowest BCUT2D eigenvalue weighted by atomic mass is 10.3. The molecule has 0 spiro atoms. The molecule has 0 aliphatic rings. The molecule has 0 saturated carbocycles. The van der Waals surface area contributed by atoms with Gasteiger partial charge in [-0.1, -0.05) is 19.8 Å². The number of nitrogens with one attached hydrogen (secondary N) is 1. The molecule has 0 fully saturated rings. The highest BCUT2D eigenvalue weighted by atomic mass is 16.5. The fourth-order valence-corrected chi connectivity index (χ4v) is 0.691. The predicted molar refractivity (Wildman–Crippen MR) is 43.3 cm³/mol. The molecule has 3 nitrogen and oxygen atoms in total. The maximum Gasteiger partial charge on any atom is 0.173 e. The van der Waals surface area contributed by atoms with Gasteiger partial charge in [-0.2, -0.15) is 0 Å². The Morgan fingerprint density at radius 3 is 2.73 bits per heavy atom. The van der Waals surface area contributed by atoms with Crippen LogP contribution in [0.15, 0.2) is 0 Å². The minimum Gasteiger partial charge on any atom is -0.374 e. The van der Waals surface area contributed by atoms with Gasteiger partial charge in [0.2, 0.25) is 0 Å². The lowest BCUT2D eigenvalue weighted by molar-refractivity contribution is -0.122. The third-order valence-corrected chi connectivity index (χ3v) is 1.35. The van der Waals surface area contributed by atoms with Gasteiger partial charge in [0, 0.05) is 6.61 Å². The first-order chi connectivity index (χ1) is 5.31. The predicted octanol–water partition coefficient (Wildman–Crippen LogP) is 1.05. The Labute approximate surface area is 67.9 Å². The summed E-state index contributed by atoms with van der Waals surface area (Å²) in [5.74, 6) is -0.138. The number of Topliss-reactive ketones (excluding diaryl/α,β-unsaturated/α-hetero) is 1. The molecule has 65 valence electrons. The Balaban J connectivity index is 2.95. The molecule has 0 aliphatic heterocycles. The molecule has 0 rings (SSSR count). The zero-order valence-corrected chi connectivity index (χ0v) is 7.06. The van der Waals surface area contributed by atoms with Gasteiger partial charge >= 0.3 is 0 Å². The summed E-state index contributed by atoms with van der Waals surface area (Å²) in [7, 11) is 0. The highest BCUT2D eigenvalue weighted by molar-refractivity contribution is 5.81. The smallest absolute Gasteiger partial charge is 0.173 e. The fourth-order valence-electron chi connectivity index (χ4n) is 0.691. The summed E-state index contributed by atoms with van der Waals surface area (Å²) in [4.78, 5) is 10.5. The van der Waals surface area contributed by atoms with E-state index in [4.69, 9.17) is 10.5 Å². The van der Waals surface area contributed by atoms with Gasteiger partial charge in [-0.3, -0.25) is 4.79 Å². The minimum atomic E-state index is -0.159. The second-order valence-corrected chi connectivity index (χ2v) is 2.48. The second-order valence-electron chi connectivity index (χ2n) is 2.48. The first-order valence-electron chi connectivity index (χ1n) is 4.05. The van der Waals surface area contributed by atoms with E-state index in [1.54, 1.807) is 0 Å². The van der Waals surface area contributed by atoms with E-state index in [1.165, 1.54) is 0 Å². The van der Waals surface area contributed by atoms with Crippen LogP contribution in [0.2, 0.25) is 0 Å². The first kappa shape index (κ1) is 10.6. The Hall–Kier alpha value is -0.410. The highest BCUT2D eigenvalue weighted by Gasteiger charge is 1.96. The van der Waals surface area contributed by atoms with Crippen molar-refractivity contribution in [3.8, 4) is 0 Å². The molecule has 0 aromatic rings. The van der Waals surface area contributed by atoms with E-state index in [-0.39, 0.29) is 18.9 Å². The van der Waals surface area contributed by atoms with Crippen LogP contribution in [0.3, 0.4) is 0 Å². The van der Waals surface area contributed by atoms with Crippen molar-refractivity contribution in [2.45, 2.75) is 26.2 Å². The van der Waals surface area contributed by atoms with Crippen molar-refractivity contribution in [1.82, 2.24) is 5.73 Å². The van der Waals surface area contributed by atoms with Crippen LogP contribution >= 0.6 is 0 Å². The molecule has 0 bridgehead atoms. The van der Waals surface area contributed by atoms with E-state index in [1.807, 2.05) is 0 Å². The van der Waals surface area contributed by atoms with Gasteiger partial charge in [-0.25, -0.2) is 5.73 Å². The van der Waals surface area contributed by atoms with Gasteiger partial charge in [-0.15, -0.1) is 0 Å². The van der Waals surface area contributed by atoms with Gasteiger partial charge in [-0.05, 0) is 6.42 Å². The molecule has 1 radical (unpaired) electrons. The number of hydrogen-bond acceptors (Lipinski definition) is 2. The maximum absolute atomic E-state index is 10.5. The van der Waals surface area contributed by atoms with Crippen molar-refractivity contribution in [3.63, 3.8) is 0 Å². The van der Waals surface area contributed by atoms with Crippen molar-refractivity contribution in [2.24, 2.45) is 0 Å². The van der Waals surface area contributed by atoms with Gasteiger partial charge in [0.25, 0.3) is 0 Å².